The van der Waals surface area contributed by atoms with Crippen LogP contribution in [0.5, 0.6) is 11.6 Å². The summed E-state index contributed by atoms with van der Waals surface area (Å²) in [6.45, 7) is 0.966. The van der Waals surface area contributed by atoms with Crippen LogP contribution in [0.3, 0.4) is 0 Å². The fourth-order valence-corrected chi connectivity index (χ4v) is 3.29. The third-order valence-corrected chi connectivity index (χ3v) is 4.89. The minimum absolute atomic E-state index is 0.0596. The van der Waals surface area contributed by atoms with Crippen molar-refractivity contribution in [3.8, 4) is 22.8 Å². The van der Waals surface area contributed by atoms with Crippen molar-refractivity contribution in [1.29, 1.82) is 0 Å². The topological polar surface area (TPSA) is 60.5 Å². The van der Waals surface area contributed by atoms with Gasteiger partial charge in [-0.1, -0.05) is 18.2 Å². The predicted octanol–water partition coefficient (Wildman–Crippen LogP) is 5.22. The highest BCUT2D eigenvalue weighted by molar-refractivity contribution is 5.95. The van der Waals surface area contributed by atoms with Gasteiger partial charge in [0.25, 0.3) is 5.91 Å². The number of aromatic nitrogens is 1. The molecule has 0 saturated carbocycles. The second-order valence-electron chi connectivity index (χ2n) is 7.25. The lowest BCUT2D eigenvalue weighted by Gasteiger charge is -2.15. The number of amides is 1. The molecule has 0 radical (unpaired) electrons. The maximum atomic E-state index is 13.8. The maximum absolute atomic E-state index is 13.8. The van der Waals surface area contributed by atoms with E-state index in [9.17, 15) is 22.4 Å². The summed E-state index contributed by atoms with van der Waals surface area (Å²) >= 11 is 0. The SMILES string of the molecule is O=C(N[C@H]1CCOC1)c1cnc(Oc2cccc(C(F)(F)F)c2)c(-c2cccc(F)c2)c1. The van der Waals surface area contributed by atoms with E-state index in [2.05, 4.69) is 10.3 Å². The molecule has 1 fully saturated rings. The number of halogens is 4. The van der Waals surface area contributed by atoms with E-state index in [0.29, 0.717) is 25.2 Å². The zero-order valence-corrected chi connectivity index (χ0v) is 16.7. The second-order valence-corrected chi connectivity index (χ2v) is 7.25. The number of carbonyl (C=O) groups is 1. The van der Waals surface area contributed by atoms with Crippen LogP contribution in [0, 0.1) is 5.82 Å². The van der Waals surface area contributed by atoms with Gasteiger partial charge < -0.3 is 14.8 Å². The molecule has 32 heavy (non-hydrogen) atoms. The average molecular weight is 446 g/mol. The molecule has 0 spiro atoms. The van der Waals surface area contributed by atoms with Gasteiger partial charge >= 0.3 is 6.18 Å². The molecule has 3 aromatic rings. The van der Waals surface area contributed by atoms with Crippen molar-refractivity contribution in [2.45, 2.75) is 18.6 Å². The molecule has 1 amide bonds. The van der Waals surface area contributed by atoms with E-state index in [1.807, 2.05) is 0 Å². The number of ether oxygens (including phenoxy) is 2. The molecule has 166 valence electrons. The molecule has 1 saturated heterocycles. The van der Waals surface area contributed by atoms with Crippen LogP contribution in [0.4, 0.5) is 17.6 Å². The molecule has 0 unspecified atom stereocenters. The van der Waals surface area contributed by atoms with Gasteiger partial charge in [-0.2, -0.15) is 13.2 Å². The number of alkyl halides is 3. The van der Waals surface area contributed by atoms with E-state index in [4.69, 9.17) is 9.47 Å². The van der Waals surface area contributed by atoms with Crippen LogP contribution in [0.1, 0.15) is 22.3 Å². The molecule has 0 bridgehead atoms. The summed E-state index contributed by atoms with van der Waals surface area (Å²) in [4.78, 5) is 16.8. The fourth-order valence-electron chi connectivity index (χ4n) is 3.29. The number of nitrogens with zero attached hydrogens (tertiary/aromatic N) is 1. The normalized spacial score (nSPS) is 16.1. The van der Waals surface area contributed by atoms with Gasteiger partial charge in [0.15, 0.2) is 0 Å². The number of hydrogen-bond donors (Lipinski definition) is 1. The maximum Gasteiger partial charge on any atom is 0.416 e. The van der Waals surface area contributed by atoms with E-state index < -0.39 is 23.5 Å². The van der Waals surface area contributed by atoms with E-state index >= 15 is 0 Å². The summed E-state index contributed by atoms with van der Waals surface area (Å²) in [6, 6.07) is 11.2. The monoisotopic (exact) mass is 446 g/mol. The van der Waals surface area contributed by atoms with Crippen molar-refractivity contribution < 1.29 is 31.8 Å². The van der Waals surface area contributed by atoms with Crippen molar-refractivity contribution in [1.82, 2.24) is 10.3 Å². The van der Waals surface area contributed by atoms with Crippen LogP contribution in [-0.2, 0) is 10.9 Å². The molecule has 0 aliphatic carbocycles. The van der Waals surface area contributed by atoms with E-state index in [0.717, 1.165) is 12.1 Å². The summed E-state index contributed by atoms with van der Waals surface area (Å²) in [6.07, 6.45) is -2.59. The number of pyridine rings is 1. The highest BCUT2D eigenvalue weighted by Crippen LogP contribution is 2.35. The first-order valence-corrected chi connectivity index (χ1v) is 9.79. The van der Waals surface area contributed by atoms with Crippen LogP contribution in [0.2, 0.25) is 0 Å². The van der Waals surface area contributed by atoms with Crippen LogP contribution < -0.4 is 10.1 Å². The highest BCUT2D eigenvalue weighted by Gasteiger charge is 2.30. The van der Waals surface area contributed by atoms with Crippen molar-refractivity contribution in [3.05, 3.63) is 77.7 Å². The zero-order chi connectivity index (χ0) is 22.7. The molecule has 4 rings (SSSR count). The summed E-state index contributed by atoms with van der Waals surface area (Å²) in [7, 11) is 0. The standard InChI is InChI=1S/C23H18F4N2O3/c24-17-5-1-3-14(9-17)20-10-15(21(30)29-18-7-8-31-13-18)12-28-22(20)32-19-6-2-4-16(11-19)23(25,26)27/h1-6,9-12,18H,7-8,13H2,(H,29,30)/t18-/m0/s1. The molecular formula is C23H18F4N2O3. The van der Waals surface area contributed by atoms with E-state index in [1.165, 1.54) is 42.6 Å². The fraction of sp³-hybridized carbons (Fsp3) is 0.217. The number of benzene rings is 2. The number of hydrogen-bond acceptors (Lipinski definition) is 4. The van der Waals surface area contributed by atoms with Crippen LogP contribution >= 0.6 is 0 Å². The molecule has 1 aliphatic heterocycles. The van der Waals surface area contributed by atoms with Crippen LogP contribution in [0.25, 0.3) is 11.1 Å². The van der Waals surface area contributed by atoms with Gasteiger partial charge in [0.1, 0.15) is 11.6 Å². The quantitative estimate of drug-likeness (QED) is 0.546. The van der Waals surface area contributed by atoms with Crippen LogP contribution in [0.15, 0.2) is 60.8 Å². The molecule has 2 heterocycles. The van der Waals surface area contributed by atoms with E-state index in [1.54, 1.807) is 6.07 Å². The Kier molecular flexibility index (Phi) is 6.09. The average Bonchev–Trinajstić information content (AvgIpc) is 3.26. The van der Waals surface area contributed by atoms with Gasteiger partial charge in [0.05, 0.1) is 23.8 Å². The number of rotatable bonds is 5. The molecule has 1 N–H and O–H groups in total. The Morgan fingerprint density at radius 2 is 1.94 bits per heavy atom. The Balaban J connectivity index is 1.69. The van der Waals surface area contributed by atoms with Gasteiger partial charge in [0.2, 0.25) is 5.88 Å². The second kappa shape index (κ2) is 8.96. The minimum atomic E-state index is -4.54. The van der Waals surface area contributed by atoms with Gasteiger partial charge in [-0.25, -0.2) is 9.37 Å². The Morgan fingerprint density at radius 3 is 2.66 bits per heavy atom. The molecule has 2 aromatic carbocycles. The predicted molar refractivity (Wildman–Crippen MR) is 108 cm³/mol. The van der Waals surface area contributed by atoms with Gasteiger partial charge in [-0.05, 0) is 48.4 Å². The first-order chi connectivity index (χ1) is 15.3. The Morgan fingerprint density at radius 1 is 1.12 bits per heavy atom. The first kappa shape index (κ1) is 21.8. The largest absolute Gasteiger partial charge is 0.438 e. The summed E-state index contributed by atoms with van der Waals surface area (Å²) in [5, 5.41) is 2.83. The lowest BCUT2D eigenvalue weighted by atomic mass is 10.0. The third-order valence-electron chi connectivity index (χ3n) is 4.89. The first-order valence-electron chi connectivity index (χ1n) is 9.79. The van der Waals surface area contributed by atoms with Crippen molar-refractivity contribution >= 4 is 5.91 Å². The molecule has 1 atom stereocenters. The minimum Gasteiger partial charge on any atom is -0.438 e. The Labute approximate surface area is 181 Å². The van der Waals surface area contributed by atoms with Crippen LogP contribution in [-0.4, -0.2) is 30.1 Å². The molecule has 9 heteroatoms. The Bertz CT molecular complexity index is 1130. The smallest absolute Gasteiger partial charge is 0.416 e. The molecular weight excluding hydrogens is 428 g/mol. The Hall–Kier alpha value is -3.46. The third kappa shape index (κ3) is 5.05. The van der Waals surface area contributed by atoms with Crippen molar-refractivity contribution in [2.75, 3.05) is 13.2 Å². The lowest BCUT2D eigenvalue weighted by Crippen LogP contribution is -2.35. The number of nitrogens with one attached hydrogen (secondary N) is 1. The summed E-state index contributed by atoms with van der Waals surface area (Å²) in [5.41, 5.74) is -0.0554. The lowest BCUT2D eigenvalue weighted by molar-refractivity contribution is -0.137. The zero-order valence-electron chi connectivity index (χ0n) is 16.7. The van der Waals surface area contributed by atoms with Gasteiger partial charge in [0, 0.05) is 18.4 Å². The summed E-state index contributed by atoms with van der Waals surface area (Å²) in [5.74, 6) is -1.07. The van der Waals surface area contributed by atoms with Gasteiger partial charge in [-0.15, -0.1) is 0 Å². The highest BCUT2D eigenvalue weighted by atomic mass is 19.4. The molecule has 1 aliphatic rings. The summed E-state index contributed by atoms with van der Waals surface area (Å²) < 4.78 is 63.8. The van der Waals surface area contributed by atoms with Crippen molar-refractivity contribution in [3.63, 3.8) is 0 Å². The molecule has 1 aromatic heterocycles. The van der Waals surface area contributed by atoms with Crippen molar-refractivity contribution in [2.24, 2.45) is 0 Å². The van der Waals surface area contributed by atoms with E-state index in [-0.39, 0.29) is 28.8 Å². The van der Waals surface area contributed by atoms with Gasteiger partial charge in [-0.3, -0.25) is 4.79 Å². The number of carbonyl (C=O) groups excluding carboxylic acids is 1. The molecule has 5 nitrogen and oxygen atoms in total.